The van der Waals surface area contributed by atoms with Gasteiger partial charge in [0.05, 0.1) is 0 Å². The van der Waals surface area contributed by atoms with Crippen LogP contribution in [-0.2, 0) is 13.3 Å². The van der Waals surface area contributed by atoms with E-state index in [0.29, 0.717) is 19.8 Å². The molecule has 0 rings (SSSR count). The summed E-state index contributed by atoms with van der Waals surface area (Å²) in [5.74, 6) is 0. The van der Waals surface area contributed by atoms with Crippen LogP contribution in [0.15, 0.2) is 11.8 Å². The second kappa shape index (κ2) is 13.8. The summed E-state index contributed by atoms with van der Waals surface area (Å²) in [4.78, 5) is 0. The minimum atomic E-state index is -2.56. The Morgan fingerprint density at radius 1 is 0.700 bits per heavy atom. The minimum absolute atomic E-state index is 0.633. The Morgan fingerprint density at radius 3 is 1.70 bits per heavy atom. The summed E-state index contributed by atoms with van der Waals surface area (Å²) < 4.78 is 17.3. The Kier molecular flexibility index (Phi) is 13.7. The van der Waals surface area contributed by atoms with Crippen molar-refractivity contribution in [3.8, 4) is 0 Å². The minimum Gasteiger partial charge on any atom is -0.371 e. The van der Waals surface area contributed by atoms with E-state index in [2.05, 4.69) is 18.7 Å². The average Bonchev–Trinajstić information content (AvgIpc) is 2.43. The molecule has 0 heterocycles. The lowest BCUT2D eigenvalue weighted by molar-refractivity contribution is 0.0842. The van der Waals surface area contributed by atoms with E-state index in [1.807, 2.05) is 20.8 Å². The molecule has 0 aliphatic heterocycles. The first-order chi connectivity index (χ1) is 9.74. The highest BCUT2D eigenvalue weighted by Gasteiger charge is 2.37. The summed E-state index contributed by atoms with van der Waals surface area (Å²) in [5.41, 5.74) is 2.07. The van der Waals surface area contributed by atoms with E-state index in [1.165, 1.54) is 38.5 Å². The van der Waals surface area contributed by atoms with Crippen molar-refractivity contribution in [3.05, 3.63) is 11.8 Å². The fourth-order valence-corrected chi connectivity index (χ4v) is 4.34. The number of rotatable bonds is 14. The van der Waals surface area contributed by atoms with Crippen LogP contribution in [0.5, 0.6) is 0 Å². The zero-order valence-corrected chi connectivity index (χ0v) is 15.0. The molecule has 0 spiro atoms. The lowest BCUT2D eigenvalue weighted by atomic mass is 10.1. The maximum Gasteiger partial charge on any atom is 0.529 e. The van der Waals surface area contributed by atoms with Crippen molar-refractivity contribution in [2.24, 2.45) is 0 Å². The van der Waals surface area contributed by atoms with Crippen molar-refractivity contribution in [2.75, 3.05) is 19.8 Å². The van der Waals surface area contributed by atoms with Crippen LogP contribution in [0.3, 0.4) is 0 Å². The molecule has 0 aromatic rings. The highest BCUT2D eigenvalue weighted by Crippen LogP contribution is 2.14. The molecule has 0 amide bonds. The largest absolute Gasteiger partial charge is 0.529 e. The molecule has 0 bridgehead atoms. The van der Waals surface area contributed by atoms with E-state index in [0.717, 1.165) is 6.42 Å². The van der Waals surface area contributed by atoms with Crippen LogP contribution in [0, 0.1) is 0 Å². The van der Waals surface area contributed by atoms with Crippen molar-refractivity contribution in [1.82, 2.24) is 0 Å². The van der Waals surface area contributed by atoms with Gasteiger partial charge >= 0.3 is 8.80 Å². The lowest BCUT2D eigenvalue weighted by Gasteiger charge is -2.25. The fraction of sp³-hybridized carbons (Fsp3) is 0.875. The Balaban J connectivity index is 4.04. The monoisotopic (exact) mass is 302 g/mol. The number of hydrogen-bond donors (Lipinski definition) is 0. The van der Waals surface area contributed by atoms with Crippen LogP contribution in [0.1, 0.15) is 72.6 Å². The van der Waals surface area contributed by atoms with Gasteiger partial charge in [-0.3, -0.25) is 0 Å². The number of hydrogen-bond acceptors (Lipinski definition) is 3. The molecular weight excluding hydrogens is 268 g/mol. The van der Waals surface area contributed by atoms with Gasteiger partial charge in [0, 0.05) is 19.8 Å². The second-order valence-corrected chi connectivity index (χ2v) is 7.27. The van der Waals surface area contributed by atoms with Crippen molar-refractivity contribution < 1.29 is 13.3 Å². The van der Waals surface area contributed by atoms with Crippen LogP contribution in [0.4, 0.5) is 0 Å². The van der Waals surface area contributed by atoms with E-state index < -0.39 is 8.80 Å². The zero-order valence-electron chi connectivity index (χ0n) is 14.0. The standard InChI is InChI=1S/C16H34O3Si/c1-5-9-10-11-12-13-14-15-16-20(17-6-2,18-7-3)19-8-4/h15-16H,5-14H2,1-4H3. The third-order valence-corrected chi connectivity index (χ3v) is 5.80. The maximum absolute atomic E-state index is 5.78. The summed E-state index contributed by atoms with van der Waals surface area (Å²) in [7, 11) is -2.56. The molecular formula is C16H34O3Si. The first-order valence-electron chi connectivity index (χ1n) is 8.34. The number of allylic oxidation sites excluding steroid dienone is 1. The van der Waals surface area contributed by atoms with E-state index in [-0.39, 0.29) is 0 Å². The molecule has 0 atom stereocenters. The average molecular weight is 303 g/mol. The van der Waals surface area contributed by atoms with Gasteiger partial charge < -0.3 is 13.3 Å². The van der Waals surface area contributed by atoms with Gasteiger partial charge in [-0.05, 0) is 39.3 Å². The van der Waals surface area contributed by atoms with Gasteiger partial charge in [0.25, 0.3) is 0 Å². The maximum atomic E-state index is 5.78. The molecule has 0 unspecified atom stereocenters. The molecule has 20 heavy (non-hydrogen) atoms. The summed E-state index contributed by atoms with van der Waals surface area (Å²) >= 11 is 0. The van der Waals surface area contributed by atoms with Crippen LogP contribution in [0.2, 0.25) is 0 Å². The summed E-state index contributed by atoms with van der Waals surface area (Å²) in [5, 5.41) is 0. The van der Waals surface area contributed by atoms with E-state index in [4.69, 9.17) is 13.3 Å². The quantitative estimate of drug-likeness (QED) is 0.338. The third-order valence-electron chi connectivity index (χ3n) is 3.08. The third kappa shape index (κ3) is 9.70. The van der Waals surface area contributed by atoms with Gasteiger partial charge in [-0.15, -0.1) is 0 Å². The molecule has 0 radical (unpaired) electrons. The predicted octanol–water partition coefficient (Wildman–Crippen LogP) is 4.88. The molecule has 4 heteroatoms. The van der Waals surface area contributed by atoms with Gasteiger partial charge in [0.1, 0.15) is 0 Å². The zero-order chi connectivity index (χ0) is 15.1. The predicted molar refractivity (Wildman–Crippen MR) is 87.8 cm³/mol. The van der Waals surface area contributed by atoms with Gasteiger partial charge in [-0.2, -0.15) is 0 Å². The molecule has 3 nitrogen and oxygen atoms in total. The van der Waals surface area contributed by atoms with Gasteiger partial charge in [0.2, 0.25) is 0 Å². The first-order valence-corrected chi connectivity index (χ1v) is 10.1. The topological polar surface area (TPSA) is 27.7 Å². The highest BCUT2D eigenvalue weighted by molar-refractivity contribution is 6.66. The van der Waals surface area contributed by atoms with E-state index >= 15 is 0 Å². The molecule has 0 N–H and O–H groups in total. The summed E-state index contributed by atoms with van der Waals surface area (Å²) in [6, 6.07) is 0. The molecule has 0 aromatic heterocycles. The normalized spacial score (nSPS) is 12.4. The summed E-state index contributed by atoms with van der Waals surface area (Å²) in [6.07, 6.45) is 11.2. The van der Waals surface area contributed by atoms with Gasteiger partial charge in [-0.25, -0.2) is 0 Å². The van der Waals surface area contributed by atoms with Crippen LogP contribution in [-0.4, -0.2) is 28.6 Å². The van der Waals surface area contributed by atoms with Crippen molar-refractivity contribution in [2.45, 2.75) is 72.6 Å². The van der Waals surface area contributed by atoms with Crippen LogP contribution in [0.25, 0.3) is 0 Å². The molecule has 0 aliphatic rings. The lowest BCUT2D eigenvalue weighted by Crippen LogP contribution is -2.44. The number of unbranched alkanes of at least 4 members (excludes halogenated alkanes) is 6. The Morgan fingerprint density at radius 2 is 1.20 bits per heavy atom. The van der Waals surface area contributed by atoms with Crippen LogP contribution >= 0.6 is 0 Å². The first kappa shape index (κ1) is 19.8. The van der Waals surface area contributed by atoms with E-state index in [1.54, 1.807) is 0 Å². The smallest absolute Gasteiger partial charge is 0.371 e. The Labute approximate surface area is 127 Å². The molecule has 0 saturated carbocycles. The highest BCUT2D eigenvalue weighted by atomic mass is 28.4. The van der Waals surface area contributed by atoms with Crippen LogP contribution < -0.4 is 0 Å². The van der Waals surface area contributed by atoms with Crippen molar-refractivity contribution in [3.63, 3.8) is 0 Å². The van der Waals surface area contributed by atoms with Gasteiger partial charge in [-0.1, -0.05) is 45.1 Å². The van der Waals surface area contributed by atoms with E-state index in [9.17, 15) is 0 Å². The summed E-state index contributed by atoms with van der Waals surface area (Å²) in [6.45, 7) is 10.1. The Hall–Kier alpha value is -0.163. The molecule has 0 aliphatic carbocycles. The molecule has 0 fully saturated rings. The fourth-order valence-electron chi connectivity index (χ4n) is 2.14. The SMILES string of the molecule is CCCCCCCCC=C[Si](OCC)(OCC)OCC. The molecule has 0 aromatic carbocycles. The van der Waals surface area contributed by atoms with Crippen molar-refractivity contribution >= 4 is 8.80 Å². The van der Waals surface area contributed by atoms with Crippen molar-refractivity contribution in [1.29, 1.82) is 0 Å². The Bertz CT molecular complexity index is 215. The second-order valence-electron chi connectivity index (χ2n) is 4.86. The molecule has 120 valence electrons. The van der Waals surface area contributed by atoms with Gasteiger partial charge in [0.15, 0.2) is 0 Å². The molecule has 0 saturated heterocycles.